The number of halogens is 3. The molecule has 0 saturated carbocycles. The van der Waals surface area contributed by atoms with Crippen LogP contribution in [-0.4, -0.2) is 18.9 Å². The van der Waals surface area contributed by atoms with Crippen LogP contribution in [0.25, 0.3) is 11.0 Å². The zero-order valence-corrected chi connectivity index (χ0v) is 13.6. The Morgan fingerprint density at radius 1 is 1.00 bits per heavy atom. The van der Waals surface area contributed by atoms with Crippen molar-refractivity contribution in [3.05, 3.63) is 65.0 Å². The van der Waals surface area contributed by atoms with Crippen molar-refractivity contribution < 1.29 is 31.9 Å². The van der Waals surface area contributed by atoms with Crippen molar-refractivity contribution in [2.45, 2.75) is 6.36 Å². The van der Waals surface area contributed by atoms with Gasteiger partial charge in [-0.05, 0) is 42.5 Å². The largest absolute Gasteiger partial charge is 0.573 e. The van der Waals surface area contributed by atoms with Crippen LogP contribution in [-0.2, 0) is 4.79 Å². The fraction of sp³-hybridized carbons (Fsp3) is 0.111. The van der Waals surface area contributed by atoms with E-state index in [1.54, 1.807) is 18.2 Å². The highest BCUT2D eigenvalue weighted by atomic mass is 19.4. The lowest BCUT2D eigenvalue weighted by atomic mass is 10.2. The number of carbonyl (C=O) groups is 1. The molecular weight excluding hydrogens is 367 g/mol. The van der Waals surface area contributed by atoms with Crippen molar-refractivity contribution in [3.8, 4) is 11.5 Å². The van der Waals surface area contributed by atoms with E-state index in [0.29, 0.717) is 16.7 Å². The maximum atomic E-state index is 12.1. The molecule has 9 heteroatoms. The highest BCUT2D eigenvalue weighted by Crippen LogP contribution is 2.24. The predicted octanol–water partition coefficient (Wildman–Crippen LogP) is 3.71. The van der Waals surface area contributed by atoms with Gasteiger partial charge in [0.1, 0.15) is 17.1 Å². The molecule has 1 heterocycles. The van der Waals surface area contributed by atoms with Crippen molar-refractivity contribution in [1.29, 1.82) is 0 Å². The zero-order valence-electron chi connectivity index (χ0n) is 13.6. The van der Waals surface area contributed by atoms with Crippen LogP contribution < -0.4 is 20.4 Å². The van der Waals surface area contributed by atoms with Crippen molar-refractivity contribution in [2.75, 3.05) is 11.9 Å². The molecule has 0 radical (unpaired) electrons. The van der Waals surface area contributed by atoms with E-state index in [4.69, 9.17) is 9.15 Å². The molecule has 0 fully saturated rings. The number of hydrogen-bond donors (Lipinski definition) is 1. The van der Waals surface area contributed by atoms with E-state index in [0.717, 1.165) is 12.1 Å². The minimum atomic E-state index is -4.78. The van der Waals surface area contributed by atoms with Gasteiger partial charge in [-0.25, -0.2) is 4.79 Å². The van der Waals surface area contributed by atoms with Gasteiger partial charge >= 0.3 is 12.0 Å². The summed E-state index contributed by atoms with van der Waals surface area (Å²) in [6.07, 6.45) is -4.78. The summed E-state index contributed by atoms with van der Waals surface area (Å²) in [6.45, 7) is -0.344. The number of carbonyl (C=O) groups excluding carboxylic acids is 1. The number of ether oxygens (including phenoxy) is 2. The quantitative estimate of drug-likeness (QED) is 0.684. The Bertz CT molecular complexity index is 1010. The number of alkyl halides is 3. The van der Waals surface area contributed by atoms with Gasteiger partial charge in [0, 0.05) is 23.2 Å². The van der Waals surface area contributed by atoms with E-state index in [9.17, 15) is 22.8 Å². The van der Waals surface area contributed by atoms with E-state index >= 15 is 0 Å². The molecule has 0 aliphatic carbocycles. The SMILES string of the molecule is O=C(COc1ccc2ccc(=O)oc2c1)Nc1ccc(OC(F)(F)F)cc1. The first-order chi connectivity index (χ1) is 12.8. The summed E-state index contributed by atoms with van der Waals surface area (Å²) in [4.78, 5) is 23.1. The van der Waals surface area contributed by atoms with E-state index in [1.807, 2.05) is 0 Å². The second-order valence-electron chi connectivity index (χ2n) is 5.36. The lowest BCUT2D eigenvalue weighted by Crippen LogP contribution is -2.20. The minimum absolute atomic E-state index is 0.280. The third-order valence-electron chi connectivity index (χ3n) is 3.34. The van der Waals surface area contributed by atoms with Crippen LogP contribution in [0.5, 0.6) is 11.5 Å². The first kappa shape index (κ1) is 18.3. The molecule has 0 atom stereocenters. The van der Waals surface area contributed by atoms with Crippen LogP contribution in [0.2, 0.25) is 0 Å². The molecule has 0 aliphatic heterocycles. The third kappa shape index (κ3) is 5.24. The Kier molecular flexibility index (Phi) is 5.02. The molecule has 0 aliphatic rings. The number of nitrogens with one attached hydrogen (secondary N) is 1. The molecular formula is C18H12F3NO5. The van der Waals surface area contributed by atoms with Gasteiger partial charge in [0.05, 0.1) is 0 Å². The van der Waals surface area contributed by atoms with E-state index in [-0.39, 0.29) is 12.3 Å². The Labute approximate surface area is 150 Å². The van der Waals surface area contributed by atoms with Crippen LogP contribution in [0, 0.1) is 0 Å². The average Bonchev–Trinajstić information content (AvgIpc) is 2.60. The summed E-state index contributed by atoms with van der Waals surface area (Å²) in [7, 11) is 0. The summed E-state index contributed by atoms with van der Waals surface area (Å²) in [5, 5.41) is 3.18. The second-order valence-corrected chi connectivity index (χ2v) is 5.36. The first-order valence-corrected chi connectivity index (χ1v) is 7.61. The highest BCUT2D eigenvalue weighted by molar-refractivity contribution is 5.92. The van der Waals surface area contributed by atoms with Crippen LogP contribution in [0.1, 0.15) is 0 Å². The van der Waals surface area contributed by atoms with Gasteiger partial charge in [-0.2, -0.15) is 0 Å². The van der Waals surface area contributed by atoms with Gasteiger partial charge in [-0.15, -0.1) is 13.2 Å². The maximum Gasteiger partial charge on any atom is 0.573 e. The van der Waals surface area contributed by atoms with Crippen molar-refractivity contribution in [2.24, 2.45) is 0 Å². The maximum absolute atomic E-state index is 12.1. The number of amides is 1. The number of fused-ring (bicyclic) bond motifs is 1. The van der Waals surface area contributed by atoms with E-state index < -0.39 is 23.6 Å². The minimum Gasteiger partial charge on any atom is -0.484 e. The molecule has 0 unspecified atom stereocenters. The Balaban J connectivity index is 1.57. The van der Waals surface area contributed by atoms with Crippen molar-refractivity contribution in [3.63, 3.8) is 0 Å². The molecule has 27 heavy (non-hydrogen) atoms. The van der Waals surface area contributed by atoms with E-state index in [2.05, 4.69) is 10.1 Å². The lowest BCUT2D eigenvalue weighted by Gasteiger charge is -2.10. The molecule has 6 nitrogen and oxygen atoms in total. The van der Waals surface area contributed by atoms with Crippen molar-refractivity contribution >= 4 is 22.6 Å². The topological polar surface area (TPSA) is 77.8 Å². The lowest BCUT2D eigenvalue weighted by molar-refractivity contribution is -0.274. The van der Waals surface area contributed by atoms with Gasteiger partial charge in [-0.3, -0.25) is 4.79 Å². The number of hydrogen-bond acceptors (Lipinski definition) is 5. The number of anilines is 1. The summed E-state index contributed by atoms with van der Waals surface area (Å²) in [5.41, 5.74) is 0.0960. The Morgan fingerprint density at radius 2 is 1.67 bits per heavy atom. The molecule has 0 saturated heterocycles. The highest BCUT2D eigenvalue weighted by Gasteiger charge is 2.30. The Morgan fingerprint density at radius 3 is 2.37 bits per heavy atom. The van der Waals surface area contributed by atoms with Gasteiger partial charge in [0.2, 0.25) is 0 Å². The summed E-state index contributed by atoms with van der Waals surface area (Å²) < 4.78 is 50.4. The Hall–Kier alpha value is -3.49. The molecule has 2 aromatic carbocycles. The predicted molar refractivity (Wildman–Crippen MR) is 89.7 cm³/mol. The standard InChI is InChI=1S/C18H12F3NO5/c19-18(20,21)27-13-6-3-12(4-7-13)22-16(23)10-25-14-5-1-11-2-8-17(24)26-15(11)9-14/h1-9H,10H2,(H,22,23). The van der Waals surface area contributed by atoms with Crippen LogP contribution in [0.4, 0.5) is 18.9 Å². The molecule has 0 bridgehead atoms. The zero-order chi connectivity index (χ0) is 19.4. The van der Waals surface area contributed by atoms with E-state index in [1.165, 1.54) is 24.3 Å². The summed E-state index contributed by atoms with van der Waals surface area (Å²) >= 11 is 0. The van der Waals surface area contributed by atoms with Gasteiger partial charge in [0.15, 0.2) is 6.61 Å². The molecule has 0 spiro atoms. The van der Waals surface area contributed by atoms with Gasteiger partial charge < -0.3 is 19.2 Å². The molecule has 3 aromatic rings. The van der Waals surface area contributed by atoms with Crippen LogP contribution in [0.15, 0.2) is 63.8 Å². The van der Waals surface area contributed by atoms with Crippen LogP contribution in [0.3, 0.4) is 0 Å². The third-order valence-corrected chi connectivity index (χ3v) is 3.34. The second kappa shape index (κ2) is 7.40. The molecule has 1 N–H and O–H groups in total. The fourth-order valence-corrected chi connectivity index (χ4v) is 2.22. The van der Waals surface area contributed by atoms with Crippen LogP contribution >= 0.6 is 0 Å². The molecule has 1 aromatic heterocycles. The number of benzene rings is 2. The van der Waals surface area contributed by atoms with Crippen molar-refractivity contribution in [1.82, 2.24) is 0 Å². The molecule has 1 amide bonds. The monoisotopic (exact) mass is 379 g/mol. The summed E-state index contributed by atoms with van der Waals surface area (Å²) in [5.74, 6) is -0.593. The fourth-order valence-electron chi connectivity index (χ4n) is 2.22. The van der Waals surface area contributed by atoms with Gasteiger partial charge in [0.25, 0.3) is 5.91 Å². The van der Waals surface area contributed by atoms with Gasteiger partial charge in [-0.1, -0.05) is 0 Å². The smallest absolute Gasteiger partial charge is 0.484 e. The number of rotatable bonds is 5. The molecule has 140 valence electrons. The normalized spacial score (nSPS) is 11.2. The first-order valence-electron chi connectivity index (χ1n) is 7.61. The average molecular weight is 379 g/mol. The molecule has 3 rings (SSSR count). The summed E-state index contributed by atoms with van der Waals surface area (Å²) in [6, 6.07) is 12.3.